The van der Waals surface area contributed by atoms with Crippen molar-refractivity contribution in [2.45, 2.75) is 19.1 Å². The lowest BCUT2D eigenvalue weighted by atomic mass is 10.2. The van der Waals surface area contributed by atoms with E-state index in [1.165, 1.54) is 0 Å². The zero-order chi connectivity index (χ0) is 11.5. The van der Waals surface area contributed by atoms with Gasteiger partial charge in [-0.25, -0.2) is 18.6 Å². The van der Waals surface area contributed by atoms with Crippen molar-refractivity contribution >= 4 is 15.9 Å². The van der Waals surface area contributed by atoms with E-state index >= 15 is 0 Å². The van der Waals surface area contributed by atoms with Gasteiger partial charge in [0.15, 0.2) is 9.84 Å². The predicted octanol–water partition coefficient (Wildman–Crippen LogP) is -1.60. The maximum absolute atomic E-state index is 11.1. The molecule has 7 nitrogen and oxygen atoms in total. The third-order valence-corrected chi connectivity index (χ3v) is 3.67. The van der Waals surface area contributed by atoms with Crippen molar-refractivity contribution in [1.29, 1.82) is 0 Å². The molecule has 1 heterocycles. The highest BCUT2D eigenvalue weighted by molar-refractivity contribution is 7.91. The Morgan fingerprint density at radius 3 is 2.67 bits per heavy atom. The van der Waals surface area contributed by atoms with Crippen LogP contribution in [0.5, 0.6) is 0 Å². The molecule has 0 aromatic heterocycles. The molecule has 0 bridgehead atoms. The summed E-state index contributed by atoms with van der Waals surface area (Å²) in [5.74, 6) is -0.476. The fraction of sp³-hybridized carbons (Fsp3) is 0.857. The molecule has 88 valence electrons. The van der Waals surface area contributed by atoms with E-state index in [-0.39, 0.29) is 18.1 Å². The Morgan fingerprint density at radius 2 is 2.20 bits per heavy atom. The molecule has 0 aliphatic carbocycles. The molecule has 0 spiro atoms. The van der Waals surface area contributed by atoms with Crippen LogP contribution >= 0.6 is 0 Å². The van der Waals surface area contributed by atoms with E-state index in [1.54, 1.807) is 6.92 Å². The molecule has 2 atom stereocenters. The van der Waals surface area contributed by atoms with Gasteiger partial charge in [0.1, 0.15) is 0 Å². The second-order valence-electron chi connectivity index (χ2n) is 3.24. The summed E-state index contributed by atoms with van der Waals surface area (Å²) in [5, 5.41) is 9.33. The Labute approximate surface area is 87.7 Å². The summed E-state index contributed by atoms with van der Waals surface area (Å²) < 4.78 is 26.7. The van der Waals surface area contributed by atoms with Crippen LogP contribution in [-0.2, 0) is 14.6 Å². The van der Waals surface area contributed by atoms with Gasteiger partial charge in [0.05, 0.1) is 30.3 Å². The number of hydrogen-bond acceptors (Lipinski definition) is 6. The maximum Gasteiger partial charge on any atom is 0.421 e. The minimum Gasteiger partial charge on any atom is -0.449 e. The third-order valence-electron chi connectivity index (χ3n) is 1.96. The van der Waals surface area contributed by atoms with Gasteiger partial charge in [-0.3, -0.25) is 5.43 Å². The largest absolute Gasteiger partial charge is 0.449 e. The normalized spacial score (nSPS) is 28.7. The third kappa shape index (κ3) is 3.65. The summed E-state index contributed by atoms with van der Waals surface area (Å²) in [6.07, 6.45) is -1.70. The lowest BCUT2D eigenvalue weighted by Crippen LogP contribution is -2.49. The smallest absolute Gasteiger partial charge is 0.421 e. The van der Waals surface area contributed by atoms with E-state index in [0.29, 0.717) is 0 Å². The molecule has 1 rings (SSSR count). The molecule has 1 saturated heterocycles. The van der Waals surface area contributed by atoms with Gasteiger partial charge in [-0.1, -0.05) is 0 Å². The fourth-order valence-corrected chi connectivity index (χ4v) is 3.03. The summed E-state index contributed by atoms with van der Waals surface area (Å²) >= 11 is 0. The maximum atomic E-state index is 11.1. The topological polar surface area (TPSA) is 105 Å². The van der Waals surface area contributed by atoms with Gasteiger partial charge in [-0.05, 0) is 6.92 Å². The summed E-state index contributed by atoms with van der Waals surface area (Å²) in [6.45, 7) is 1.87. The molecule has 15 heavy (non-hydrogen) atoms. The van der Waals surface area contributed by atoms with Crippen molar-refractivity contribution < 1.29 is 23.1 Å². The first-order valence-corrected chi connectivity index (χ1v) is 6.33. The molecular weight excluding hydrogens is 224 g/mol. The Bertz CT molecular complexity index is 328. The monoisotopic (exact) mass is 238 g/mol. The van der Waals surface area contributed by atoms with Gasteiger partial charge in [0, 0.05) is 0 Å². The Balaban J connectivity index is 2.37. The van der Waals surface area contributed by atoms with Crippen LogP contribution in [0.25, 0.3) is 0 Å². The van der Waals surface area contributed by atoms with Gasteiger partial charge in [0.25, 0.3) is 0 Å². The zero-order valence-corrected chi connectivity index (χ0v) is 9.08. The first-order valence-electron chi connectivity index (χ1n) is 4.51. The second kappa shape index (κ2) is 4.77. The molecule has 0 radical (unpaired) electrons. The number of rotatable bonds is 3. The summed E-state index contributed by atoms with van der Waals surface area (Å²) in [4.78, 5) is 10.8. The van der Waals surface area contributed by atoms with Gasteiger partial charge in [0.2, 0.25) is 0 Å². The molecular formula is C7H14N2O5S. The van der Waals surface area contributed by atoms with Gasteiger partial charge >= 0.3 is 6.09 Å². The Morgan fingerprint density at radius 1 is 1.53 bits per heavy atom. The van der Waals surface area contributed by atoms with Crippen molar-refractivity contribution in [2.75, 3.05) is 18.1 Å². The molecule has 3 N–H and O–H groups in total. The SMILES string of the molecule is CCOC(=O)NNC1CS(=O)(=O)CC1O. The summed E-state index contributed by atoms with van der Waals surface area (Å²) in [6, 6.07) is -0.681. The Kier molecular flexibility index (Phi) is 3.89. The number of sulfone groups is 1. The average molecular weight is 238 g/mol. The molecule has 0 aromatic rings. The molecule has 1 amide bonds. The Hall–Kier alpha value is -0.860. The van der Waals surface area contributed by atoms with Crippen LogP contribution in [-0.4, -0.2) is 49.9 Å². The number of amides is 1. The van der Waals surface area contributed by atoms with E-state index in [9.17, 15) is 18.3 Å². The number of carbonyl (C=O) groups is 1. The van der Waals surface area contributed by atoms with Crippen molar-refractivity contribution in [3.05, 3.63) is 0 Å². The zero-order valence-electron chi connectivity index (χ0n) is 8.26. The van der Waals surface area contributed by atoms with Gasteiger partial charge < -0.3 is 9.84 Å². The highest BCUT2D eigenvalue weighted by atomic mass is 32.2. The quantitative estimate of drug-likeness (QED) is 0.511. The molecule has 8 heteroatoms. The highest BCUT2D eigenvalue weighted by Gasteiger charge is 2.36. The lowest BCUT2D eigenvalue weighted by Gasteiger charge is -2.14. The first-order chi connectivity index (χ1) is 6.94. The van der Waals surface area contributed by atoms with E-state index in [1.807, 2.05) is 0 Å². The van der Waals surface area contributed by atoms with Crippen molar-refractivity contribution in [3.8, 4) is 0 Å². The van der Waals surface area contributed by atoms with E-state index < -0.39 is 28.1 Å². The molecule has 0 saturated carbocycles. The van der Waals surface area contributed by atoms with Crippen LogP contribution in [0.1, 0.15) is 6.92 Å². The number of aliphatic hydroxyl groups is 1. The average Bonchev–Trinajstić information content (AvgIpc) is 2.36. The molecule has 1 aliphatic rings. The van der Waals surface area contributed by atoms with E-state index in [2.05, 4.69) is 15.6 Å². The molecule has 2 unspecified atom stereocenters. The van der Waals surface area contributed by atoms with Crippen LogP contribution in [0.4, 0.5) is 4.79 Å². The lowest BCUT2D eigenvalue weighted by molar-refractivity contribution is 0.130. The van der Waals surface area contributed by atoms with Crippen LogP contribution in [0.2, 0.25) is 0 Å². The second-order valence-corrected chi connectivity index (χ2v) is 5.39. The molecule has 0 aromatic carbocycles. The number of hydrogen-bond donors (Lipinski definition) is 3. The number of carbonyl (C=O) groups excluding carboxylic acids is 1. The van der Waals surface area contributed by atoms with Crippen LogP contribution < -0.4 is 10.9 Å². The minimum atomic E-state index is -3.21. The highest BCUT2D eigenvalue weighted by Crippen LogP contribution is 2.11. The summed E-state index contributed by atoms with van der Waals surface area (Å²) in [7, 11) is -3.21. The van der Waals surface area contributed by atoms with E-state index in [0.717, 1.165) is 0 Å². The van der Waals surface area contributed by atoms with Gasteiger partial charge in [-0.15, -0.1) is 0 Å². The number of aliphatic hydroxyl groups excluding tert-OH is 1. The molecule has 1 aliphatic heterocycles. The standard InChI is InChI=1S/C7H14N2O5S/c1-2-14-7(11)9-8-5-3-15(12,13)4-6(5)10/h5-6,8,10H,2-4H2,1H3,(H,9,11). The minimum absolute atomic E-state index is 0.194. The predicted molar refractivity (Wildman–Crippen MR) is 51.7 cm³/mol. The van der Waals surface area contributed by atoms with Crippen molar-refractivity contribution in [3.63, 3.8) is 0 Å². The first kappa shape index (κ1) is 12.2. The summed E-state index contributed by atoms with van der Waals surface area (Å²) in [5.41, 5.74) is 4.58. The number of nitrogens with one attached hydrogen (secondary N) is 2. The van der Waals surface area contributed by atoms with Crippen LogP contribution in [0.3, 0.4) is 0 Å². The van der Waals surface area contributed by atoms with Gasteiger partial charge in [-0.2, -0.15) is 0 Å². The molecule has 1 fully saturated rings. The van der Waals surface area contributed by atoms with Crippen LogP contribution in [0.15, 0.2) is 0 Å². The van der Waals surface area contributed by atoms with Crippen molar-refractivity contribution in [1.82, 2.24) is 10.9 Å². The number of ether oxygens (including phenoxy) is 1. The van der Waals surface area contributed by atoms with Crippen molar-refractivity contribution in [2.24, 2.45) is 0 Å². The fourth-order valence-electron chi connectivity index (χ4n) is 1.29. The van der Waals surface area contributed by atoms with Crippen LogP contribution in [0, 0.1) is 0 Å². The van der Waals surface area contributed by atoms with E-state index in [4.69, 9.17) is 0 Å². The number of hydrazine groups is 1.